The molecule has 4 aromatic rings. The Kier molecular flexibility index (Phi) is 6.86. The highest BCUT2D eigenvalue weighted by molar-refractivity contribution is 7.92. The molecule has 0 saturated heterocycles. The molecule has 0 radical (unpaired) electrons. The van der Waals surface area contributed by atoms with E-state index in [0.717, 1.165) is 21.3 Å². The third-order valence-corrected chi connectivity index (χ3v) is 7.86. The molecule has 0 spiro atoms. The average Bonchev–Trinajstić information content (AvgIpc) is 3.15. The second-order valence-corrected chi connectivity index (χ2v) is 10.6. The van der Waals surface area contributed by atoms with Crippen molar-refractivity contribution < 1.29 is 22.7 Å². The third kappa shape index (κ3) is 5.33. The lowest BCUT2D eigenvalue weighted by molar-refractivity contribution is -0.141. The average molecular weight is 510 g/mol. The van der Waals surface area contributed by atoms with Crippen molar-refractivity contribution in [2.75, 3.05) is 11.8 Å². The quantitative estimate of drug-likeness (QED) is 0.395. The van der Waals surface area contributed by atoms with Crippen molar-refractivity contribution in [2.24, 2.45) is 4.99 Å². The first-order chi connectivity index (χ1) is 16.7. The number of aryl methyl sites for hydroxylation is 2. The molecule has 3 aromatic carbocycles. The van der Waals surface area contributed by atoms with Crippen LogP contribution in [0.25, 0.3) is 10.2 Å². The number of amides is 1. The summed E-state index contributed by atoms with van der Waals surface area (Å²) in [6, 6.07) is 18.0. The van der Waals surface area contributed by atoms with E-state index in [1.54, 1.807) is 41.0 Å². The highest BCUT2D eigenvalue weighted by Gasteiger charge is 2.16. The zero-order valence-electron chi connectivity index (χ0n) is 19.3. The van der Waals surface area contributed by atoms with Gasteiger partial charge in [0.05, 0.1) is 22.2 Å². The number of fused-ring (bicyclic) bond motifs is 1. The van der Waals surface area contributed by atoms with E-state index in [4.69, 9.17) is 4.74 Å². The van der Waals surface area contributed by atoms with Crippen molar-refractivity contribution >= 4 is 49.1 Å². The monoisotopic (exact) mass is 509 g/mol. The molecular formula is C25H23N3O5S2. The highest BCUT2D eigenvalue weighted by atomic mass is 32.2. The number of sulfonamides is 1. The van der Waals surface area contributed by atoms with Gasteiger partial charge in [-0.15, -0.1) is 0 Å². The lowest BCUT2D eigenvalue weighted by Crippen LogP contribution is -2.22. The Morgan fingerprint density at radius 2 is 1.71 bits per heavy atom. The predicted molar refractivity (Wildman–Crippen MR) is 135 cm³/mol. The van der Waals surface area contributed by atoms with Crippen LogP contribution in [0.4, 0.5) is 5.69 Å². The molecule has 35 heavy (non-hydrogen) atoms. The summed E-state index contributed by atoms with van der Waals surface area (Å²) in [5.74, 6) is -1.03. The van der Waals surface area contributed by atoms with E-state index in [0.29, 0.717) is 4.80 Å². The number of aromatic nitrogens is 1. The molecule has 8 nitrogen and oxygen atoms in total. The number of esters is 1. The summed E-state index contributed by atoms with van der Waals surface area (Å²) >= 11 is 1.29. The van der Waals surface area contributed by atoms with Gasteiger partial charge in [0.2, 0.25) is 0 Å². The van der Waals surface area contributed by atoms with Gasteiger partial charge in [-0.25, -0.2) is 8.42 Å². The molecule has 0 fully saturated rings. The van der Waals surface area contributed by atoms with E-state index in [1.165, 1.54) is 36.6 Å². The number of carbonyl (C=O) groups excluding carboxylic acids is 2. The van der Waals surface area contributed by atoms with Crippen LogP contribution < -0.4 is 9.52 Å². The lowest BCUT2D eigenvalue weighted by Gasteiger charge is -2.08. The molecule has 0 atom stereocenters. The van der Waals surface area contributed by atoms with E-state index < -0.39 is 21.9 Å². The molecule has 10 heteroatoms. The van der Waals surface area contributed by atoms with Crippen LogP contribution in [-0.4, -0.2) is 32.0 Å². The SMILES string of the molecule is COC(=O)Cn1c(=NC(=O)c2cccc(NS(=O)(=O)c3ccccc3)c2)sc2cc(C)c(C)cc21. The molecule has 1 N–H and O–H groups in total. The first-order valence-corrected chi connectivity index (χ1v) is 12.9. The molecule has 1 heterocycles. The minimum absolute atomic E-state index is 0.0952. The Hall–Kier alpha value is -3.76. The number of carbonyl (C=O) groups is 2. The zero-order chi connectivity index (χ0) is 25.2. The van der Waals surface area contributed by atoms with Gasteiger partial charge < -0.3 is 9.30 Å². The third-order valence-electron chi connectivity index (χ3n) is 5.43. The van der Waals surface area contributed by atoms with Crippen molar-refractivity contribution in [2.45, 2.75) is 25.3 Å². The molecule has 180 valence electrons. The smallest absolute Gasteiger partial charge is 0.325 e. The number of anilines is 1. The molecule has 0 aliphatic carbocycles. The fourth-order valence-corrected chi connectivity index (χ4v) is 5.61. The Morgan fingerprint density at radius 1 is 1.00 bits per heavy atom. The number of rotatable bonds is 6. The summed E-state index contributed by atoms with van der Waals surface area (Å²) in [7, 11) is -2.51. The summed E-state index contributed by atoms with van der Waals surface area (Å²) in [5.41, 5.74) is 3.34. The maximum atomic E-state index is 13.1. The molecule has 1 aromatic heterocycles. The molecule has 0 bridgehead atoms. The molecule has 0 aliphatic rings. The maximum Gasteiger partial charge on any atom is 0.325 e. The summed E-state index contributed by atoms with van der Waals surface area (Å²) in [6.07, 6.45) is 0. The normalized spacial score (nSPS) is 12.0. The minimum atomic E-state index is -3.81. The predicted octanol–water partition coefficient (Wildman–Crippen LogP) is 4.03. The molecule has 0 saturated carbocycles. The van der Waals surface area contributed by atoms with Crippen LogP contribution in [0.1, 0.15) is 21.5 Å². The fraction of sp³-hybridized carbons (Fsp3) is 0.160. The number of hydrogen-bond donors (Lipinski definition) is 1. The van der Waals surface area contributed by atoms with Gasteiger partial charge in [0.15, 0.2) is 4.80 Å². The van der Waals surface area contributed by atoms with Gasteiger partial charge in [0.1, 0.15) is 6.54 Å². The van der Waals surface area contributed by atoms with Crippen molar-refractivity contribution in [3.63, 3.8) is 0 Å². The summed E-state index contributed by atoms with van der Waals surface area (Å²) in [5, 5.41) is 0. The van der Waals surface area contributed by atoms with E-state index >= 15 is 0 Å². The maximum absolute atomic E-state index is 13.1. The van der Waals surface area contributed by atoms with E-state index in [2.05, 4.69) is 9.71 Å². The van der Waals surface area contributed by atoms with Gasteiger partial charge in [-0.1, -0.05) is 35.6 Å². The van der Waals surface area contributed by atoms with E-state index in [-0.39, 0.29) is 22.7 Å². The molecule has 4 rings (SSSR count). The number of ether oxygens (including phenoxy) is 1. The zero-order valence-corrected chi connectivity index (χ0v) is 20.9. The number of thiazole rings is 1. The topological polar surface area (TPSA) is 107 Å². The van der Waals surface area contributed by atoms with Crippen molar-refractivity contribution in [1.82, 2.24) is 4.57 Å². The number of nitrogens with one attached hydrogen (secondary N) is 1. The first kappa shape index (κ1) is 24.4. The van der Waals surface area contributed by atoms with Gasteiger partial charge in [-0.2, -0.15) is 4.99 Å². The summed E-state index contributed by atoms with van der Waals surface area (Å²) in [6.45, 7) is 3.87. The van der Waals surface area contributed by atoms with Gasteiger partial charge in [-0.05, 0) is 67.4 Å². The van der Waals surface area contributed by atoms with Crippen LogP contribution in [0.15, 0.2) is 76.6 Å². The van der Waals surface area contributed by atoms with Gasteiger partial charge in [0, 0.05) is 11.3 Å². The van der Waals surface area contributed by atoms with Crippen LogP contribution >= 0.6 is 11.3 Å². The van der Waals surface area contributed by atoms with E-state index in [1.807, 2.05) is 26.0 Å². The molecular weight excluding hydrogens is 486 g/mol. The molecule has 0 aliphatic heterocycles. The van der Waals surface area contributed by atoms with E-state index in [9.17, 15) is 18.0 Å². The van der Waals surface area contributed by atoms with Gasteiger partial charge in [0.25, 0.3) is 15.9 Å². The standard InChI is InChI=1S/C25H23N3O5S2/c1-16-12-21-22(13-17(16)2)34-25(28(21)15-23(29)33-3)26-24(30)18-8-7-9-19(14-18)27-35(31,32)20-10-5-4-6-11-20/h4-14,27H,15H2,1-3H3. The Morgan fingerprint density at radius 3 is 2.43 bits per heavy atom. The van der Waals surface area contributed by atoms with Crippen LogP contribution in [0.5, 0.6) is 0 Å². The summed E-state index contributed by atoms with van der Waals surface area (Å²) in [4.78, 5) is 29.8. The number of methoxy groups -OCH3 is 1. The van der Waals surface area contributed by atoms with Crippen LogP contribution in [0, 0.1) is 13.8 Å². The molecule has 1 amide bonds. The lowest BCUT2D eigenvalue weighted by atomic mass is 10.1. The highest BCUT2D eigenvalue weighted by Crippen LogP contribution is 2.23. The minimum Gasteiger partial charge on any atom is -0.468 e. The van der Waals surface area contributed by atoms with Crippen molar-refractivity contribution in [3.05, 3.63) is 88.2 Å². The van der Waals surface area contributed by atoms with Gasteiger partial charge in [-0.3, -0.25) is 14.3 Å². The second-order valence-electron chi connectivity index (χ2n) is 7.87. The Bertz CT molecular complexity index is 1600. The van der Waals surface area contributed by atoms with Gasteiger partial charge >= 0.3 is 5.97 Å². The van der Waals surface area contributed by atoms with Crippen molar-refractivity contribution in [1.29, 1.82) is 0 Å². The number of benzene rings is 3. The number of nitrogens with zero attached hydrogens (tertiary/aromatic N) is 2. The Labute approximate surface area is 206 Å². The van der Waals surface area contributed by atoms with Crippen LogP contribution in [0.3, 0.4) is 0 Å². The number of hydrogen-bond acceptors (Lipinski definition) is 6. The Balaban J connectivity index is 1.72. The van der Waals surface area contributed by atoms with Crippen LogP contribution in [-0.2, 0) is 26.1 Å². The fourth-order valence-electron chi connectivity index (χ4n) is 3.43. The van der Waals surface area contributed by atoms with Crippen LogP contribution in [0.2, 0.25) is 0 Å². The second kappa shape index (κ2) is 9.85. The largest absolute Gasteiger partial charge is 0.468 e. The van der Waals surface area contributed by atoms with Crippen molar-refractivity contribution in [3.8, 4) is 0 Å². The molecule has 0 unspecified atom stereocenters. The summed E-state index contributed by atoms with van der Waals surface area (Å²) < 4.78 is 35.1. The first-order valence-electron chi connectivity index (χ1n) is 10.6.